The molecule has 0 heterocycles. The summed E-state index contributed by atoms with van der Waals surface area (Å²) in [5.74, 6) is 1.58. The van der Waals surface area contributed by atoms with Gasteiger partial charge < -0.3 is 15.4 Å². The highest BCUT2D eigenvalue weighted by molar-refractivity contribution is 5.69. The Kier molecular flexibility index (Phi) is 5.41. The molecule has 3 unspecified atom stereocenters. The van der Waals surface area contributed by atoms with Crippen molar-refractivity contribution in [2.75, 3.05) is 6.54 Å². The highest BCUT2D eigenvalue weighted by Gasteiger charge is 2.40. The van der Waals surface area contributed by atoms with E-state index in [9.17, 15) is 4.79 Å². The molecular formula is C18H34N2O2. The molecular weight excluding hydrogens is 276 g/mol. The van der Waals surface area contributed by atoms with Gasteiger partial charge in [0.05, 0.1) is 5.54 Å². The first kappa shape index (κ1) is 17.6. The maximum atomic E-state index is 12.1. The topological polar surface area (TPSA) is 50.4 Å². The predicted octanol–water partition coefficient (Wildman–Crippen LogP) is 3.85. The Hall–Kier alpha value is -0.770. The summed E-state index contributed by atoms with van der Waals surface area (Å²) in [6.07, 6.45) is 6.89. The molecule has 3 atom stereocenters. The molecule has 0 aromatic carbocycles. The molecule has 2 N–H and O–H groups in total. The molecule has 0 spiro atoms. The van der Waals surface area contributed by atoms with Gasteiger partial charge in [0.1, 0.15) is 5.60 Å². The van der Waals surface area contributed by atoms with Crippen LogP contribution < -0.4 is 10.6 Å². The number of rotatable bonds is 4. The molecule has 0 radical (unpaired) electrons. The van der Waals surface area contributed by atoms with E-state index in [0.29, 0.717) is 6.04 Å². The second-order valence-corrected chi connectivity index (χ2v) is 8.64. The molecule has 2 saturated carbocycles. The van der Waals surface area contributed by atoms with Crippen LogP contribution in [0, 0.1) is 11.8 Å². The molecule has 0 bridgehead atoms. The summed E-state index contributed by atoms with van der Waals surface area (Å²) in [6.45, 7) is 11.3. The molecule has 2 aliphatic carbocycles. The van der Waals surface area contributed by atoms with Gasteiger partial charge in [0.2, 0.25) is 0 Å². The number of hydrogen-bond acceptors (Lipinski definition) is 3. The summed E-state index contributed by atoms with van der Waals surface area (Å²) in [5.41, 5.74) is -0.526. The van der Waals surface area contributed by atoms with E-state index in [4.69, 9.17) is 4.74 Å². The predicted molar refractivity (Wildman–Crippen MR) is 89.9 cm³/mol. The molecule has 1 amide bonds. The number of ether oxygens (including phenoxy) is 1. The molecule has 0 aromatic rings. The van der Waals surface area contributed by atoms with E-state index in [0.717, 1.165) is 31.2 Å². The summed E-state index contributed by atoms with van der Waals surface area (Å²) in [7, 11) is 0. The zero-order valence-corrected chi connectivity index (χ0v) is 15.0. The molecule has 4 nitrogen and oxygen atoms in total. The zero-order valence-electron chi connectivity index (χ0n) is 15.0. The average Bonchev–Trinajstić information content (AvgIpc) is 2.31. The first-order chi connectivity index (χ1) is 10.2. The SMILES string of the molecule is CC1CCC(NCC2(NC(=O)OC(C)(C)C)CCC2)C(C)C1. The number of carbonyl (C=O) groups is 1. The summed E-state index contributed by atoms with van der Waals surface area (Å²) in [5, 5.41) is 6.86. The average molecular weight is 310 g/mol. The lowest BCUT2D eigenvalue weighted by molar-refractivity contribution is 0.0372. The Morgan fingerprint density at radius 2 is 1.91 bits per heavy atom. The molecule has 2 rings (SSSR count). The maximum Gasteiger partial charge on any atom is 0.408 e. The van der Waals surface area contributed by atoms with Gasteiger partial charge in [-0.15, -0.1) is 0 Å². The zero-order chi connectivity index (χ0) is 16.4. The van der Waals surface area contributed by atoms with E-state index in [1.165, 1.54) is 25.7 Å². The Bertz CT molecular complexity index is 385. The van der Waals surface area contributed by atoms with Crippen molar-refractivity contribution >= 4 is 6.09 Å². The van der Waals surface area contributed by atoms with E-state index >= 15 is 0 Å². The number of carbonyl (C=O) groups excluding carboxylic acids is 1. The fourth-order valence-corrected chi connectivity index (χ4v) is 3.76. The summed E-state index contributed by atoms with van der Waals surface area (Å²) in [4.78, 5) is 12.1. The lowest BCUT2D eigenvalue weighted by Crippen LogP contribution is -2.61. The van der Waals surface area contributed by atoms with Crippen LogP contribution in [-0.4, -0.2) is 29.8 Å². The molecule has 0 aromatic heterocycles. The normalized spacial score (nSPS) is 31.2. The Balaban J connectivity index is 1.82. The van der Waals surface area contributed by atoms with Gasteiger partial charge in [-0.25, -0.2) is 4.79 Å². The van der Waals surface area contributed by atoms with Crippen LogP contribution in [0.2, 0.25) is 0 Å². The van der Waals surface area contributed by atoms with Crippen molar-refractivity contribution in [2.24, 2.45) is 11.8 Å². The lowest BCUT2D eigenvalue weighted by Gasteiger charge is -2.45. The number of alkyl carbamates (subject to hydrolysis) is 1. The molecule has 2 fully saturated rings. The van der Waals surface area contributed by atoms with Gasteiger partial charge in [-0.05, 0) is 71.1 Å². The number of amides is 1. The van der Waals surface area contributed by atoms with Gasteiger partial charge >= 0.3 is 6.09 Å². The largest absolute Gasteiger partial charge is 0.444 e. The monoisotopic (exact) mass is 310 g/mol. The van der Waals surface area contributed by atoms with Crippen molar-refractivity contribution in [3.63, 3.8) is 0 Å². The van der Waals surface area contributed by atoms with Gasteiger partial charge in [-0.3, -0.25) is 0 Å². The van der Waals surface area contributed by atoms with E-state index in [-0.39, 0.29) is 11.6 Å². The smallest absolute Gasteiger partial charge is 0.408 e. The third-order valence-corrected chi connectivity index (χ3v) is 5.21. The van der Waals surface area contributed by atoms with Gasteiger partial charge in [0.25, 0.3) is 0 Å². The standard InChI is InChI=1S/C18H34N2O2/c1-13-7-8-15(14(2)11-13)19-12-18(9-6-10-18)20-16(21)22-17(3,4)5/h13-15,19H,6-12H2,1-5H3,(H,20,21). The van der Waals surface area contributed by atoms with Crippen LogP contribution >= 0.6 is 0 Å². The van der Waals surface area contributed by atoms with Crippen LogP contribution in [0.3, 0.4) is 0 Å². The Morgan fingerprint density at radius 1 is 1.23 bits per heavy atom. The van der Waals surface area contributed by atoms with Crippen molar-refractivity contribution in [3.05, 3.63) is 0 Å². The fourth-order valence-electron chi connectivity index (χ4n) is 3.76. The molecule has 128 valence electrons. The third-order valence-electron chi connectivity index (χ3n) is 5.21. The van der Waals surface area contributed by atoms with Crippen LogP contribution in [0.4, 0.5) is 4.79 Å². The van der Waals surface area contributed by atoms with Gasteiger partial charge in [-0.2, -0.15) is 0 Å². The van der Waals surface area contributed by atoms with Crippen LogP contribution in [0.5, 0.6) is 0 Å². The minimum absolute atomic E-state index is 0.0921. The van der Waals surface area contributed by atoms with Gasteiger partial charge in [0, 0.05) is 12.6 Å². The summed E-state index contributed by atoms with van der Waals surface area (Å²) >= 11 is 0. The van der Waals surface area contributed by atoms with Crippen LogP contribution in [-0.2, 0) is 4.74 Å². The highest BCUT2D eigenvalue weighted by Crippen LogP contribution is 2.33. The fraction of sp³-hybridized carbons (Fsp3) is 0.944. The minimum Gasteiger partial charge on any atom is -0.444 e. The van der Waals surface area contributed by atoms with Crippen LogP contribution in [0.15, 0.2) is 0 Å². The van der Waals surface area contributed by atoms with Crippen molar-refractivity contribution < 1.29 is 9.53 Å². The second kappa shape index (κ2) is 6.77. The summed E-state index contributed by atoms with van der Waals surface area (Å²) in [6, 6.07) is 0.592. The van der Waals surface area contributed by atoms with E-state index in [1.54, 1.807) is 0 Å². The Morgan fingerprint density at radius 3 is 2.41 bits per heavy atom. The first-order valence-corrected chi connectivity index (χ1v) is 8.94. The van der Waals surface area contributed by atoms with Crippen molar-refractivity contribution in [2.45, 2.75) is 90.3 Å². The van der Waals surface area contributed by atoms with E-state index < -0.39 is 5.60 Å². The van der Waals surface area contributed by atoms with Crippen molar-refractivity contribution in [1.29, 1.82) is 0 Å². The van der Waals surface area contributed by atoms with Crippen molar-refractivity contribution in [3.8, 4) is 0 Å². The second-order valence-electron chi connectivity index (χ2n) is 8.64. The quantitative estimate of drug-likeness (QED) is 0.829. The molecule has 0 aliphatic heterocycles. The molecule has 22 heavy (non-hydrogen) atoms. The summed E-state index contributed by atoms with van der Waals surface area (Å²) < 4.78 is 5.42. The number of nitrogens with one attached hydrogen (secondary N) is 2. The van der Waals surface area contributed by atoms with E-state index in [2.05, 4.69) is 24.5 Å². The number of hydrogen-bond donors (Lipinski definition) is 2. The molecule has 4 heteroatoms. The lowest BCUT2D eigenvalue weighted by atomic mass is 9.75. The Labute approximate surface area is 135 Å². The van der Waals surface area contributed by atoms with Crippen LogP contribution in [0.25, 0.3) is 0 Å². The molecule has 0 saturated heterocycles. The van der Waals surface area contributed by atoms with Crippen molar-refractivity contribution in [1.82, 2.24) is 10.6 Å². The van der Waals surface area contributed by atoms with Gasteiger partial charge in [-0.1, -0.05) is 13.8 Å². The minimum atomic E-state index is -0.434. The third kappa shape index (κ3) is 4.87. The van der Waals surface area contributed by atoms with E-state index in [1.807, 2.05) is 20.8 Å². The highest BCUT2D eigenvalue weighted by atomic mass is 16.6. The van der Waals surface area contributed by atoms with Crippen LogP contribution in [0.1, 0.15) is 73.1 Å². The maximum absolute atomic E-state index is 12.1. The van der Waals surface area contributed by atoms with Gasteiger partial charge in [0.15, 0.2) is 0 Å². The first-order valence-electron chi connectivity index (χ1n) is 8.94. The molecule has 2 aliphatic rings.